The summed E-state index contributed by atoms with van der Waals surface area (Å²) in [6, 6.07) is 16.7. The molecule has 0 saturated heterocycles. The molecule has 2 aromatic carbocycles. The molecular weight excluding hydrogens is 655 g/mol. The van der Waals surface area contributed by atoms with Crippen molar-refractivity contribution in [2.75, 3.05) is 45.3 Å². The van der Waals surface area contributed by atoms with Crippen molar-refractivity contribution >= 4 is 66.1 Å². The Morgan fingerprint density at radius 3 is 2.07 bits per heavy atom. The number of allylic oxidation sites excluding steroid dienone is 1. The molecule has 0 N–H and O–H groups in total. The van der Waals surface area contributed by atoms with Crippen molar-refractivity contribution in [1.82, 2.24) is 0 Å². The van der Waals surface area contributed by atoms with Crippen molar-refractivity contribution in [2.45, 2.75) is 13.5 Å². The number of anilines is 3. The van der Waals surface area contributed by atoms with Crippen LogP contribution in [-0.2, 0) is 35.1 Å². The minimum absolute atomic E-state index is 0.0251. The van der Waals surface area contributed by atoms with Gasteiger partial charge in [0.1, 0.15) is 0 Å². The number of benzene rings is 2. The average molecular weight is 686 g/mol. The summed E-state index contributed by atoms with van der Waals surface area (Å²) in [5, 5.41) is 0.543. The minimum atomic E-state index is -0.746. The Balaban J connectivity index is 2.05. The Bertz CT molecular complexity index is 1630. The number of methoxy groups -OCH3 is 5. The second-order valence-electron chi connectivity index (χ2n) is 9.06. The fourth-order valence-corrected chi connectivity index (χ4v) is 8.23. The van der Waals surface area contributed by atoms with E-state index < -0.39 is 38.4 Å². The number of para-hydroxylation sites is 1. The molecule has 1 aliphatic heterocycles. The van der Waals surface area contributed by atoms with E-state index in [1.807, 2.05) is 71.3 Å². The number of hydrogen-bond donors (Lipinski definition) is 0. The van der Waals surface area contributed by atoms with Crippen LogP contribution >= 0.6 is 11.8 Å². The average Bonchev–Trinajstić information content (AvgIpc) is 3.45. The van der Waals surface area contributed by atoms with Gasteiger partial charge in [0.25, 0.3) is 0 Å². The molecule has 230 valence electrons. The zero-order chi connectivity index (χ0) is 32.0. The summed E-state index contributed by atoms with van der Waals surface area (Å²) < 4.78 is 26.2. The molecule has 0 spiro atoms. The molecule has 0 amide bonds. The predicted molar refractivity (Wildman–Crippen MR) is 166 cm³/mol. The summed E-state index contributed by atoms with van der Waals surface area (Å²) >= 11 is 0.262. The molecule has 0 fully saturated rings. The van der Waals surface area contributed by atoms with Crippen LogP contribution in [0.4, 0.5) is 15.9 Å². The standard InChI is InChI=1S/C31H30N2O9SSe/c1-18-27(43-22(29(35)40-4)16-23(34)39-3)33(20-10-8-7-9-11-20)28-25(24(30(36)41-5)26(44-28)31(37)42-6)32(18)17-19-12-14-21(38-2)15-13-19/h7-16H,17H2,1-6H3/b22-16+. The van der Waals surface area contributed by atoms with Crippen LogP contribution in [-0.4, -0.2) is 73.9 Å². The van der Waals surface area contributed by atoms with Gasteiger partial charge in [0.15, 0.2) is 0 Å². The van der Waals surface area contributed by atoms with Gasteiger partial charge in [0.05, 0.1) is 0 Å². The van der Waals surface area contributed by atoms with Gasteiger partial charge in [-0.25, -0.2) is 0 Å². The number of ether oxygens (including phenoxy) is 5. The molecule has 0 aliphatic carbocycles. The van der Waals surface area contributed by atoms with Gasteiger partial charge in [-0.15, -0.1) is 0 Å². The van der Waals surface area contributed by atoms with E-state index in [0.717, 1.165) is 23.4 Å². The summed E-state index contributed by atoms with van der Waals surface area (Å²) in [5.74, 6) is -2.13. The van der Waals surface area contributed by atoms with Crippen molar-refractivity contribution < 1.29 is 42.9 Å². The predicted octanol–water partition coefficient (Wildman–Crippen LogP) is 4.64. The first-order valence-corrected chi connectivity index (χ1v) is 15.6. The number of nitrogens with zero attached hydrogens (tertiary/aromatic N) is 2. The van der Waals surface area contributed by atoms with Crippen LogP contribution in [0.1, 0.15) is 32.1 Å². The number of fused-ring (bicyclic) bond motifs is 1. The Hall–Kier alpha value is -4.45. The number of hydrogen-bond acceptors (Lipinski definition) is 12. The first kappa shape index (κ1) is 32.5. The summed E-state index contributed by atoms with van der Waals surface area (Å²) in [6.07, 6.45) is 1.06. The molecule has 13 heteroatoms. The molecule has 0 unspecified atom stereocenters. The van der Waals surface area contributed by atoms with E-state index in [4.69, 9.17) is 23.7 Å². The van der Waals surface area contributed by atoms with Crippen LogP contribution < -0.4 is 14.5 Å². The van der Waals surface area contributed by atoms with Gasteiger partial charge in [-0.3, -0.25) is 0 Å². The molecule has 2 heterocycles. The zero-order valence-electron chi connectivity index (χ0n) is 24.9. The van der Waals surface area contributed by atoms with E-state index in [1.54, 1.807) is 7.11 Å². The monoisotopic (exact) mass is 686 g/mol. The summed E-state index contributed by atoms with van der Waals surface area (Å²) in [5.41, 5.74) is 2.78. The normalized spacial score (nSPS) is 12.8. The fraction of sp³-hybridized carbons (Fsp3) is 0.226. The first-order chi connectivity index (χ1) is 21.2. The van der Waals surface area contributed by atoms with Crippen LogP contribution in [0.2, 0.25) is 0 Å². The van der Waals surface area contributed by atoms with Gasteiger partial charge in [-0.1, -0.05) is 0 Å². The van der Waals surface area contributed by atoms with E-state index in [2.05, 4.69) is 0 Å². The van der Waals surface area contributed by atoms with E-state index in [-0.39, 0.29) is 21.5 Å². The van der Waals surface area contributed by atoms with E-state index in [0.29, 0.717) is 32.4 Å². The SMILES string of the molecule is COC(=O)/C=C(/SC1=C(C)N(Cc2ccc(OC)cc2)c2c([se]c(C(=O)OC)c2C(=O)OC)N1c1ccccc1)C(=O)OC. The van der Waals surface area contributed by atoms with Gasteiger partial charge < -0.3 is 0 Å². The molecule has 1 aliphatic rings. The van der Waals surface area contributed by atoms with Gasteiger partial charge in [-0.2, -0.15) is 0 Å². The molecule has 0 saturated carbocycles. The quantitative estimate of drug-likeness (QED) is 0.128. The van der Waals surface area contributed by atoms with Crippen molar-refractivity contribution in [3.8, 4) is 5.75 Å². The van der Waals surface area contributed by atoms with E-state index in [1.165, 1.54) is 28.4 Å². The van der Waals surface area contributed by atoms with Crippen molar-refractivity contribution in [3.05, 3.63) is 91.9 Å². The van der Waals surface area contributed by atoms with Gasteiger partial charge in [-0.05, 0) is 0 Å². The topological polar surface area (TPSA) is 121 Å². The van der Waals surface area contributed by atoms with E-state index >= 15 is 0 Å². The second kappa shape index (κ2) is 14.3. The molecule has 0 radical (unpaired) electrons. The summed E-state index contributed by atoms with van der Waals surface area (Å²) in [4.78, 5) is 55.4. The third-order valence-corrected chi connectivity index (χ3v) is 10.1. The molecular formula is C31H30N2O9SSe. The molecule has 44 heavy (non-hydrogen) atoms. The van der Waals surface area contributed by atoms with Crippen LogP contribution in [0.25, 0.3) is 0 Å². The third kappa shape index (κ3) is 6.54. The third-order valence-electron chi connectivity index (χ3n) is 6.57. The Morgan fingerprint density at radius 2 is 1.50 bits per heavy atom. The summed E-state index contributed by atoms with van der Waals surface area (Å²) in [7, 11) is 6.52. The Labute approximate surface area is 264 Å². The molecule has 11 nitrogen and oxygen atoms in total. The molecule has 3 aromatic rings. The Kier molecular flexibility index (Phi) is 10.6. The van der Waals surface area contributed by atoms with Crippen molar-refractivity contribution in [2.24, 2.45) is 0 Å². The zero-order valence-corrected chi connectivity index (χ0v) is 27.4. The van der Waals surface area contributed by atoms with Crippen LogP contribution in [0.5, 0.6) is 5.75 Å². The van der Waals surface area contributed by atoms with Crippen LogP contribution in [0, 0.1) is 0 Å². The number of rotatable bonds is 10. The van der Waals surface area contributed by atoms with Crippen LogP contribution in [0.15, 0.2) is 76.3 Å². The Morgan fingerprint density at radius 1 is 0.841 bits per heavy atom. The number of carbonyl (C=O) groups excluding carboxylic acids is 4. The molecule has 4 rings (SSSR count). The van der Waals surface area contributed by atoms with Gasteiger partial charge in [0, 0.05) is 0 Å². The summed E-state index contributed by atoms with van der Waals surface area (Å²) in [6.45, 7) is 2.11. The van der Waals surface area contributed by atoms with E-state index in [9.17, 15) is 19.2 Å². The molecule has 0 bridgehead atoms. The van der Waals surface area contributed by atoms with Gasteiger partial charge >= 0.3 is 265 Å². The number of esters is 4. The molecule has 1 aromatic heterocycles. The first-order valence-electron chi connectivity index (χ1n) is 13.0. The van der Waals surface area contributed by atoms with Crippen molar-refractivity contribution in [3.63, 3.8) is 0 Å². The fourth-order valence-electron chi connectivity index (χ4n) is 4.42. The number of thioether (sulfide) groups is 1. The van der Waals surface area contributed by atoms with Gasteiger partial charge in [0.2, 0.25) is 0 Å². The molecule has 0 atom stereocenters. The maximum absolute atomic E-state index is 13.4. The van der Waals surface area contributed by atoms with Crippen molar-refractivity contribution in [1.29, 1.82) is 0 Å². The second-order valence-corrected chi connectivity index (χ2v) is 12.2. The number of carbonyl (C=O) groups is 4. The van der Waals surface area contributed by atoms with Crippen LogP contribution in [0.3, 0.4) is 0 Å². The maximum atomic E-state index is 13.4.